The standard InChI is InChI=1S/C19H16ClF3N4O/c1-12-8-17(26-27(12)11-13-4-2-6-15(20)9-13)25-18(28)24-16-7-3-5-14(10-16)19(21,22)23/h2-10H,11H2,1H3,(H2,24,25,26,28). The van der Waals surface area contributed by atoms with Crippen LogP contribution in [0.3, 0.4) is 0 Å². The lowest BCUT2D eigenvalue weighted by Crippen LogP contribution is -2.20. The lowest BCUT2D eigenvalue weighted by molar-refractivity contribution is -0.137. The van der Waals surface area contributed by atoms with Crippen molar-refractivity contribution in [1.29, 1.82) is 0 Å². The van der Waals surface area contributed by atoms with Crippen molar-refractivity contribution in [2.45, 2.75) is 19.6 Å². The minimum Gasteiger partial charge on any atom is -0.308 e. The maximum atomic E-state index is 12.8. The van der Waals surface area contributed by atoms with Gasteiger partial charge in [-0.2, -0.15) is 18.3 Å². The Balaban J connectivity index is 1.66. The maximum Gasteiger partial charge on any atom is 0.416 e. The Labute approximate surface area is 164 Å². The van der Waals surface area contributed by atoms with Gasteiger partial charge in [-0.05, 0) is 42.8 Å². The summed E-state index contributed by atoms with van der Waals surface area (Å²) >= 11 is 5.98. The summed E-state index contributed by atoms with van der Waals surface area (Å²) in [7, 11) is 0. The van der Waals surface area contributed by atoms with Crippen molar-refractivity contribution in [2.24, 2.45) is 0 Å². The predicted octanol–water partition coefficient (Wildman–Crippen LogP) is 5.56. The highest BCUT2D eigenvalue weighted by Gasteiger charge is 2.30. The fourth-order valence-electron chi connectivity index (χ4n) is 2.59. The number of nitrogens with zero attached hydrogens (tertiary/aromatic N) is 2. The Morgan fingerprint density at radius 2 is 1.86 bits per heavy atom. The molecule has 146 valence electrons. The number of benzene rings is 2. The minimum atomic E-state index is -4.48. The average molecular weight is 409 g/mol. The zero-order chi connectivity index (χ0) is 20.3. The van der Waals surface area contributed by atoms with E-state index in [1.165, 1.54) is 12.1 Å². The first-order valence-corrected chi connectivity index (χ1v) is 8.63. The molecule has 3 aromatic rings. The Bertz CT molecular complexity index is 1000. The Morgan fingerprint density at radius 3 is 2.57 bits per heavy atom. The summed E-state index contributed by atoms with van der Waals surface area (Å²) < 4.78 is 39.9. The van der Waals surface area contributed by atoms with Crippen molar-refractivity contribution < 1.29 is 18.0 Å². The van der Waals surface area contributed by atoms with Crippen LogP contribution < -0.4 is 10.6 Å². The molecule has 1 heterocycles. The summed E-state index contributed by atoms with van der Waals surface area (Å²) in [6, 6.07) is 12.7. The van der Waals surface area contributed by atoms with Gasteiger partial charge in [-0.1, -0.05) is 29.8 Å². The van der Waals surface area contributed by atoms with Crippen LogP contribution >= 0.6 is 11.6 Å². The lowest BCUT2D eigenvalue weighted by Gasteiger charge is -2.10. The van der Waals surface area contributed by atoms with Gasteiger partial charge in [0.25, 0.3) is 0 Å². The number of urea groups is 1. The van der Waals surface area contributed by atoms with E-state index < -0.39 is 17.8 Å². The highest BCUT2D eigenvalue weighted by Crippen LogP contribution is 2.30. The molecule has 0 saturated heterocycles. The number of anilines is 2. The molecule has 0 bridgehead atoms. The third kappa shape index (κ3) is 5.04. The molecule has 0 spiro atoms. The molecule has 0 aliphatic rings. The maximum absolute atomic E-state index is 12.8. The molecule has 5 nitrogen and oxygen atoms in total. The van der Waals surface area contributed by atoms with Crippen LogP contribution in [0.15, 0.2) is 54.6 Å². The van der Waals surface area contributed by atoms with E-state index >= 15 is 0 Å². The topological polar surface area (TPSA) is 59.0 Å². The lowest BCUT2D eigenvalue weighted by atomic mass is 10.2. The molecule has 2 N–H and O–H groups in total. The smallest absolute Gasteiger partial charge is 0.308 e. The number of hydrogen-bond donors (Lipinski definition) is 2. The number of carbonyl (C=O) groups excluding carboxylic acids is 1. The molecule has 0 aliphatic carbocycles. The summed E-state index contributed by atoms with van der Waals surface area (Å²) in [6.07, 6.45) is -4.48. The molecule has 3 rings (SSSR count). The van der Waals surface area contributed by atoms with E-state index in [2.05, 4.69) is 15.7 Å². The zero-order valence-electron chi connectivity index (χ0n) is 14.7. The first-order valence-electron chi connectivity index (χ1n) is 8.25. The Hall–Kier alpha value is -3.00. The second-order valence-corrected chi connectivity index (χ2v) is 6.55. The van der Waals surface area contributed by atoms with Crippen molar-refractivity contribution in [2.75, 3.05) is 10.6 Å². The molecule has 0 unspecified atom stereocenters. The van der Waals surface area contributed by atoms with E-state index in [-0.39, 0.29) is 11.5 Å². The molecular formula is C19H16ClF3N4O. The second kappa shape index (κ2) is 7.93. The second-order valence-electron chi connectivity index (χ2n) is 6.12. The largest absolute Gasteiger partial charge is 0.416 e. The van der Waals surface area contributed by atoms with Gasteiger partial charge in [0, 0.05) is 22.5 Å². The fraction of sp³-hybridized carbons (Fsp3) is 0.158. The van der Waals surface area contributed by atoms with Crippen molar-refractivity contribution in [3.63, 3.8) is 0 Å². The van der Waals surface area contributed by atoms with Crippen LogP contribution in [0.4, 0.5) is 29.5 Å². The van der Waals surface area contributed by atoms with Crippen molar-refractivity contribution in [1.82, 2.24) is 9.78 Å². The highest BCUT2D eigenvalue weighted by atomic mass is 35.5. The third-order valence-corrected chi connectivity index (χ3v) is 4.13. The van der Waals surface area contributed by atoms with E-state index in [9.17, 15) is 18.0 Å². The molecule has 9 heteroatoms. The monoisotopic (exact) mass is 408 g/mol. The van der Waals surface area contributed by atoms with Crippen LogP contribution in [-0.2, 0) is 12.7 Å². The van der Waals surface area contributed by atoms with Gasteiger partial charge < -0.3 is 5.32 Å². The first-order chi connectivity index (χ1) is 13.2. The molecule has 1 aromatic heterocycles. The minimum absolute atomic E-state index is 0.0300. The van der Waals surface area contributed by atoms with Crippen molar-refractivity contribution in [3.8, 4) is 0 Å². The number of nitrogens with one attached hydrogen (secondary N) is 2. The molecule has 0 fully saturated rings. The number of aromatic nitrogens is 2. The highest BCUT2D eigenvalue weighted by molar-refractivity contribution is 6.30. The van der Waals surface area contributed by atoms with Crippen molar-refractivity contribution >= 4 is 29.1 Å². The van der Waals surface area contributed by atoms with E-state index in [4.69, 9.17) is 11.6 Å². The predicted molar refractivity (Wildman–Crippen MR) is 102 cm³/mol. The zero-order valence-corrected chi connectivity index (χ0v) is 15.5. The van der Waals surface area contributed by atoms with E-state index in [0.29, 0.717) is 11.6 Å². The number of carbonyl (C=O) groups is 1. The summed E-state index contributed by atoms with van der Waals surface area (Å²) in [5.41, 5.74) is 0.933. The van der Waals surface area contributed by atoms with Crippen LogP contribution in [-0.4, -0.2) is 15.8 Å². The molecule has 0 radical (unpaired) electrons. The van der Waals surface area contributed by atoms with Gasteiger partial charge in [0.2, 0.25) is 0 Å². The molecule has 2 amide bonds. The number of halogens is 4. The molecule has 0 saturated carbocycles. The summed E-state index contributed by atoms with van der Waals surface area (Å²) in [5.74, 6) is 0.281. The van der Waals surface area contributed by atoms with Gasteiger partial charge in [-0.25, -0.2) is 4.79 Å². The van der Waals surface area contributed by atoms with E-state index in [0.717, 1.165) is 23.4 Å². The molecule has 0 atom stereocenters. The molecule has 0 aliphatic heterocycles. The average Bonchev–Trinajstić information content (AvgIpc) is 2.93. The molecule has 2 aromatic carbocycles. The van der Waals surface area contributed by atoms with Crippen molar-refractivity contribution in [3.05, 3.63) is 76.4 Å². The summed E-state index contributed by atoms with van der Waals surface area (Å²) in [4.78, 5) is 12.1. The summed E-state index contributed by atoms with van der Waals surface area (Å²) in [6.45, 7) is 2.29. The van der Waals surface area contributed by atoms with Crippen LogP contribution in [0, 0.1) is 6.92 Å². The van der Waals surface area contributed by atoms with Crippen LogP contribution in [0.1, 0.15) is 16.8 Å². The number of hydrogen-bond acceptors (Lipinski definition) is 2. The van der Waals surface area contributed by atoms with Gasteiger partial charge in [0.1, 0.15) is 0 Å². The van der Waals surface area contributed by atoms with Crippen LogP contribution in [0.2, 0.25) is 5.02 Å². The molecular weight excluding hydrogens is 393 g/mol. The van der Waals surface area contributed by atoms with E-state index in [1.807, 2.05) is 25.1 Å². The van der Waals surface area contributed by atoms with E-state index in [1.54, 1.807) is 16.8 Å². The number of rotatable bonds is 4. The fourth-order valence-corrected chi connectivity index (χ4v) is 2.80. The van der Waals surface area contributed by atoms with Crippen LogP contribution in [0.5, 0.6) is 0 Å². The number of aryl methyl sites for hydroxylation is 1. The quantitative estimate of drug-likeness (QED) is 0.594. The Kier molecular flexibility index (Phi) is 5.60. The first kappa shape index (κ1) is 19.8. The van der Waals surface area contributed by atoms with Gasteiger partial charge in [0.05, 0.1) is 12.1 Å². The van der Waals surface area contributed by atoms with Gasteiger partial charge >= 0.3 is 12.2 Å². The third-order valence-electron chi connectivity index (χ3n) is 3.89. The number of alkyl halides is 3. The summed E-state index contributed by atoms with van der Waals surface area (Å²) in [5, 5.41) is 9.80. The molecule has 28 heavy (non-hydrogen) atoms. The number of amides is 2. The van der Waals surface area contributed by atoms with Crippen LogP contribution in [0.25, 0.3) is 0 Å². The van der Waals surface area contributed by atoms with Gasteiger partial charge in [-0.3, -0.25) is 10.00 Å². The van der Waals surface area contributed by atoms with Gasteiger partial charge in [-0.15, -0.1) is 0 Å². The Morgan fingerprint density at radius 1 is 1.11 bits per heavy atom. The normalized spacial score (nSPS) is 11.3. The van der Waals surface area contributed by atoms with Gasteiger partial charge in [0.15, 0.2) is 5.82 Å². The SMILES string of the molecule is Cc1cc(NC(=O)Nc2cccc(C(F)(F)F)c2)nn1Cc1cccc(Cl)c1.